The topological polar surface area (TPSA) is 43.1 Å². The molecule has 1 atom stereocenters. The summed E-state index contributed by atoms with van der Waals surface area (Å²) in [4.78, 5) is 12.2. The average molecular weight is 247 g/mol. The molecule has 0 heterocycles. The van der Waals surface area contributed by atoms with Gasteiger partial charge in [0, 0.05) is 11.5 Å². The highest BCUT2D eigenvalue weighted by Gasteiger charge is 2.14. The number of benzene rings is 1. The zero-order valence-corrected chi connectivity index (χ0v) is 11.8. The van der Waals surface area contributed by atoms with Crippen LogP contribution in [0.25, 0.3) is 0 Å². The van der Waals surface area contributed by atoms with Gasteiger partial charge in [0.15, 0.2) is 5.78 Å². The molecule has 0 aliphatic heterocycles. The van der Waals surface area contributed by atoms with Crippen LogP contribution < -0.4 is 5.73 Å². The third kappa shape index (κ3) is 4.61. The third-order valence-corrected chi connectivity index (χ3v) is 3.14. The summed E-state index contributed by atoms with van der Waals surface area (Å²) in [5.74, 6) is 0.932. The molecule has 0 aliphatic rings. The van der Waals surface area contributed by atoms with Crippen LogP contribution >= 0.6 is 0 Å². The van der Waals surface area contributed by atoms with Crippen LogP contribution in [0, 0.1) is 11.8 Å². The Morgan fingerprint density at radius 3 is 2.61 bits per heavy atom. The van der Waals surface area contributed by atoms with Crippen LogP contribution in [0.5, 0.6) is 0 Å². The first-order valence-corrected chi connectivity index (χ1v) is 6.87. The second-order valence-corrected chi connectivity index (χ2v) is 5.49. The molecular formula is C16H25NO. The van der Waals surface area contributed by atoms with Gasteiger partial charge in [0.2, 0.25) is 0 Å². The zero-order chi connectivity index (χ0) is 13.5. The van der Waals surface area contributed by atoms with Crippen molar-refractivity contribution in [1.29, 1.82) is 0 Å². The van der Waals surface area contributed by atoms with Gasteiger partial charge < -0.3 is 5.73 Å². The van der Waals surface area contributed by atoms with E-state index in [1.807, 2.05) is 25.1 Å². The van der Waals surface area contributed by atoms with Gasteiger partial charge in [0.1, 0.15) is 0 Å². The molecule has 18 heavy (non-hydrogen) atoms. The molecule has 2 nitrogen and oxygen atoms in total. The van der Waals surface area contributed by atoms with Crippen molar-refractivity contribution in [3.8, 4) is 0 Å². The van der Waals surface area contributed by atoms with E-state index in [1.54, 1.807) is 0 Å². The fourth-order valence-corrected chi connectivity index (χ4v) is 2.16. The molecule has 0 saturated carbocycles. The summed E-state index contributed by atoms with van der Waals surface area (Å²) >= 11 is 0. The first-order chi connectivity index (χ1) is 8.54. The van der Waals surface area contributed by atoms with Gasteiger partial charge in [0.25, 0.3) is 0 Å². The third-order valence-electron chi connectivity index (χ3n) is 3.14. The van der Waals surface area contributed by atoms with Crippen LogP contribution in [0.15, 0.2) is 24.3 Å². The summed E-state index contributed by atoms with van der Waals surface area (Å²) in [6.07, 6.45) is 2.82. The standard InChI is InChI=1S/C16H25NO/c1-12(2)10-14-7-4-8-15(11-14)16(18)13(3)6-5-9-17/h4,7-8,11-13H,5-6,9-10,17H2,1-3H3. The predicted octanol–water partition coefficient (Wildman–Crippen LogP) is 3.44. The molecule has 0 fully saturated rings. The maximum atomic E-state index is 12.2. The predicted molar refractivity (Wildman–Crippen MR) is 76.8 cm³/mol. The monoisotopic (exact) mass is 247 g/mol. The van der Waals surface area contributed by atoms with Crippen LogP contribution in [-0.4, -0.2) is 12.3 Å². The summed E-state index contributed by atoms with van der Waals surface area (Å²) < 4.78 is 0. The number of carbonyl (C=O) groups is 1. The van der Waals surface area contributed by atoms with Gasteiger partial charge in [-0.15, -0.1) is 0 Å². The molecular weight excluding hydrogens is 222 g/mol. The van der Waals surface area contributed by atoms with Gasteiger partial charge in [-0.25, -0.2) is 0 Å². The fraction of sp³-hybridized carbons (Fsp3) is 0.562. The lowest BCUT2D eigenvalue weighted by Gasteiger charge is -2.11. The van der Waals surface area contributed by atoms with Gasteiger partial charge in [-0.3, -0.25) is 4.79 Å². The molecule has 0 spiro atoms. The van der Waals surface area contributed by atoms with Crippen LogP contribution in [0.1, 0.15) is 49.5 Å². The molecule has 0 radical (unpaired) electrons. The Kier molecular flexibility index (Phi) is 6.06. The maximum absolute atomic E-state index is 12.2. The number of hydrogen-bond acceptors (Lipinski definition) is 2. The Balaban J connectivity index is 2.73. The van der Waals surface area contributed by atoms with E-state index in [4.69, 9.17) is 5.73 Å². The summed E-state index contributed by atoms with van der Waals surface area (Å²) in [7, 11) is 0. The van der Waals surface area contributed by atoms with E-state index in [9.17, 15) is 4.79 Å². The number of Topliss-reactive ketones (excluding diaryl/α,β-unsaturated/α-hetero) is 1. The van der Waals surface area contributed by atoms with Crippen molar-refractivity contribution in [2.24, 2.45) is 17.6 Å². The largest absolute Gasteiger partial charge is 0.330 e. The van der Waals surface area contributed by atoms with E-state index in [2.05, 4.69) is 19.9 Å². The lowest BCUT2D eigenvalue weighted by atomic mass is 9.93. The minimum Gasteiger partial charge on any atom is -0.330 e. The summed E-state index contributed by atoms with van der Waals surface area (Å²) in [5, 5.41) is 0. The second-order valence-electron chi connectivity index (χ2n) is 5.49. The zero-order valence-electron chi connectivity index (χ0n) is 11.8. The minimum atomic E-state index is 0.0721. The van der Waals surface area contributed by atoms with Crippen molar-refractivity contribution >= 4 is 5.78 Å². The van der Waals surface area contributed by atoms with Crippen molar-refractivity contribution in [2.45, 2.75) is 40.0 Å². The van der Waals surface area contributed by atoms with E-state index in [1.165, 1.54) is 5.56 Å². The van der Waals surface area contributed by atoms with Gasteiger partial charge in [-0.05, 0) is 43.4 Å². The minimum absolute atomic E-state index is 0.0721. The van der Waals surface area contributed by atoms with E-state index in [0.717, 1.165) is 24.8 Å². The Bertz CT molecular complexity index is 384. The van der Waals surface area contributed by atoms with E-state index >= 15 is 0 Å². The number of rotatable bonds is 7. The number of carbonyl (C=O) groups excluding carboxylic acids is 1. The van der Waals surface area contributed by atoms with E-state index in [0.29, 0.717) is 12.5 Å². The maximum Gasteiger partial charge on any atom is 0.165 e. The molecule has 0 aliphatic carbocycles. The van der Waals surface area contributed by atoms with Gasteiger partial charge in [0.05, 0.1) is 0 Å². The molecule has 2 N–H and O–H groups in total. The number of nitrogens with two attached hydrogens (primary N) is 1. The fourth-order valence-electron chi connectivity index (χ4n) is 2.16. The second kappa shape index (κ2) is 7.32. The first-order valence-electron chi connectivity index (χ1n) is 6.87. The average Bonchev–Trinajstić information content (AvgIpc) is 2.34. The van der Waals surface area contributed by atoms with E-state index in [-0.39, 0.29) is 11.7 Å². The van der Waals surface area contributed by atoms with Crippen molar-refractivity contribution < 1.29 is 4.79 Å². The lowest BCUT2D eigenvalue weighted by Crippen LogP contribution is -2.13. The van der Waals surface area contributed by atoms with Gasteiger partial charge in [-0.2, -0.15) is 0 Å². The number of ketones is 1. The highest BCUT2D eigenvalue weighted by atomic mass is 16.1. The quantitative estimate of drug-likeness (QED) is 0.750. The Morgan fingerprint density at radius 1 is 1.28 bits per heavy atom. The van der Waals surface area contributed by atoms with E-state index < -0.39 is 0 Å². The highest BCUT2D eigenvalue weighted by Crippen LogP contribution is 2.16. The summed E-state index contributed by atoms with van der Waals surface area (Å²) in [5.41, 5.74) is 7.58. The van der Waals surface area contributed by atoms with Crippen molar-refractivity contribution in [1.82, 2.24) is 0 Å². The highest BCUT2D eigenvalue weighted by molar-refractivity contribution is 5.97. The molecule has 0 amide bonds. The SMILES string of the molecule is CC(C)Cc1cccc(C(=O)C(C)CCCN)c1. The Morgan fingerprint density at radius 2 is 2.00 bits per heavy atom. The first kappa shape index (κ1) is 14.9. The van der Waals surface area contributed by atoms with Crippen LogP contribution in [-0.2, 0) is 6.42 Å². The Labute approximate surface area is 111 Å². The van der Waals surface area contributed by atoms with Crippen LogP contribution in [0.2, 0.25) is 0 Å². The molecule has 1 rings (SSSR count). The van der Waals surface area contributed by atoms with Crippen LogP contribution in [0.4, 0.5) is 0 Å². The van der Waals surface area contributed by atoms with Crippen LogP contribution in [0.3, 0.4) is 0 Å². The molecule has 1 aromatic carbocycles. The molecule has 1 unspecified atom stereocenters. The molecule has 0 saturated heterocycles. The van der Waals surface area contributed by atoms with Gasteiger partial charge in [-0.1, -0.05) is 39.0 Å². The molecule has 0 aromatic heterocycles. The molecule has 1 aromatic rings. The van der Waals surface area contributed by atoms with Crippen molar-refractivity contribution in [3.05, 3.63) is 35.4 Å². The van der Waals surface area contributed by atoms with Crippen molar-refractivity contribution in [3.63, 3.8) is 0 Å². The molecule has 0 bridgehead atoms. The lowest BCUT2D eigenvalue weighted by molar-refractivity contribution is 0.0923. The molecule has 100 valence electrons. The summed E-state index contributed by atoms with van der Waals surface area (Å²) in [6.45, 7) is 7.04. The van der Waals surface area contributed by atoms with Crippen molar-refractivity contribution in [2.75, 3.05) is 6.54 Å². The Hall–Kier alpha value is -1.15. The smallest absolute Gasteiger partial charge is 0.165 e. The number of hydrogen-bond donors (Lipinski definition) is 1. The summed E-state index contributed by atoms with van der Waals surface area (Å²) in [6, 6.07) is 8.05. The van der Waals surface area contributed by atoms with Gasteiger partial charge >= 0.3 is 0 Å². The molecule has 2 heteroatoms. The normalized spacial score (nSPS) is 12.7.